The number of carbonyl (C=O) groups excluding carboxylic acids is 1. The van der Waals surface area contributed by atoms with Crippen molar-refractivity contribution in [2.75, 3.05) is 13.2 Å². The standard InChI is InChI=1S/C22H22N2O4S/c1-15-6-8-17(9-7-15)26-13-22-24-16(14-29-22)10-21(25)23-11-18-12-27-19-4-2-3-5-20(19)28-18/h2-9,14,18H,10-13H2,1H3,(H,23,25)/t18-/m1/s1. The zero-order valence-electron chi connectivity index (χ0n) is 16.1. The van der Waals surface area contributed by atoms with Gasteiger partial charge in [0.1, 0.15) is 30.1 Å². The minimum atomic E-state index is -0.206. The fourth-order valence-electron chi connectivity index (χ4n) is 2.89. The summed E-state index contributed by atoms with van der Waals surface area (Å²) in [7, 11) is 0. The third kappa shape index (κ3) is 5.26. The molecule has 0 fully saturated rings. The lowest BCUT2D eigenvalue weighted by Crippen LogP contribution is -2.41. The van der Waals surface area contributed by atoms with E-state index in [1.165, 1.54) is 16.9 Å². The Morgan fingerprint density at radius 2 is 2.00 bits per heavy atom. The van der Waals surface area contributed by atoms with E-state index in [4.69, 9.17) is 14.2 Å². The van der Waals surface area contributed by atoms with Crippen LogP contribution in [0.25, 0.3) is 0 Å². The maximum atomic E-state index is 12.2. The van der Waals surface area contributed by atoms with Crippen molar-refractivity contribution in [3.8, 4) is 17.2 Å². The molecule has 150 valence electrons. The zero-order valence-corrected chi connectivity index (χ0v) is 16.9. The Kier molecular flexibility index (Phi) is 5.95. The molecular formula is C22H22N2O4S. The zero-order chi connectivity index (χ0) is 20.1. The van der Waals surface area contributed by atoms with Crippen molar-refractivity contribution >= 4 is 17.2 Å². The van der Waals surface area contributed by atoms with Crippen LogP contribution in [0.2, 0.25) is 0 Å². The second-order valence-electron chi connectivity index (χ2n) is 6.81. The topological polar surface area (TPSA) is 69.7 Å². The first kappa shape index (κ1) is 19.3. The molecule has 4 rings (SSSR count). The lowest BCUT2D eigenvalue weighted by atomic mass is 10.2. The van der Waals surface area contributed by atoms with Crippen molar-refractivity contribution in [2.24, 2.45) is 0 Å². The lowest BCUT2D eigenvalue weighted by Gasteiger charge is -2.26. The molecule has 0 aliphatic carbocycles. The Morgan fingerprint density at radius 3 is 2.83 bits per heavy atom. The van der Waals surface area contributed by atoms with Crippen LogP contribution in [0.4, 0.5) is 0 Å². The van der Waals surface area contributed by atoms with E-state index >= 15 is 0 Å². The molecule has 0 saturated heterocycles. The molecule has 3 aromatic rings. The quantitative estimate of drug-likeness (QED) is 0.645. The van der Waals surface area contributed by atoms with Gasteiger partial charge in [-0.05, 0) is 31.2 Å². The van der Waals surface area contributed by atoms with Gasteiger partial charge < -0.3 is 19.5 Å². The second-order valence-corrected chi connectivity index (χ2v) is 7.76. The van der Waals surface area contributed by atoms with Crippen molar-refractivity contribution in [2.45, 2.75) is 26.1 Å². The fraction of sp³-hybridized carbons (Fsp3) is 0.273. The van der Waals surface area contributed by atoms with Crippen molar-refractivity contribution in [1.29, 1.82) is 0 Å². The Morgan fingerprint density at radius 1 is 1.21 bits per heavy atom. The molecule has 0 spiro atoms. The van der Waals surface area contributed by atoms with Crippen LogP contribution >= 0.6 is 11.3 Å². The first-order chi connectivity index (χ1) is 14.2. The van der Waals surface area contributed by atoms with Gasteiger partial charge in [0.15, 0.2) is 11.5 Å². The van der Waals surface area contributed by atoms with Crippen LogP contribution in [-0.4, -0.2) is 30.1 Å². The number of aromatic nitrogens is 1. The predicted octanol–water partition coefficient (Wildman–Crippen LogP) is 3.53. The predicted molar refractivity (Wildman–Crippen MR) is 111 cm³/mol. The minimum absolute atomic E-state index is 0.0937. The van der Waals surface area contributed by atoms with Gasteiger partial charge in [-0.15, -0.1) is 11.3 Å². The molecule has 6 nitrogen and oxygen atoms in total. The van der Waals surface area contributed by atoms with E-state index in [-0.39, 0.29) is 18.4 Å². The number of fused-ring (bicyclic) bond motifs is 1. The molecule has 1 aromatic heterocycles. The summed E-state index contributed by atoms with van der Waals surface area (Å²) in [6.07, 6.45) is 0.0216. The average molecular weight is 410 g/mol. The molecule has 1 amide bonds. The highest BCUT2D eigenvalue weighted by Crippen LogP contribution is 2.30. The van der Waals surface area contributed by atoms with Gasteiger partial charge in [-0.1, -0.05) is 29.8 Å². The molecule has 0 saturated carbocycles. The highest BCUT2D eigenvalue weighted by Gasteiger charge is 2.21. The van der Waals surface area contributed by atoms with E-state index in [2.05, 4.69) is 10.3 Å². The highest BCUT2D eigenvalue weighted by molar-refractivity contribution is 7.09. The number of hydrogen-bond acceptors (Lipinski definition) is 6. The Labute approximate surface area is 173 Å². The van der Waals surface area contributed by atoms with Gasteiger partial charge in [0, 0.05) is 5.38 Å². The fourth-order valence-corrected chi connectivity index (χ4v) is 3.60. The van der Waals surface area contributed by atoms with E-state index in [0.717, 1.165) is 22.2 Å². The molecule has 2 heterocycles. The monoisotopic (exact) mass is 410 g/mol. The maximum Gasteiger partial charge on any atom is 0.226 e. The summed E-state index contributed by atoms with van der Waals surface area (Å²) in [4.78, 5) is 16.7. The first-order valence-electron chi connectivity index (χ1n) is 9.43. The van der Waals surface area contributed by atoms with Crippen LogP contribution in [0.5, 0.6) is 17.2 Å². The Bertz CT molecular complexity index is 971. The summed E-state index contributed by atoms with van der Waals surface area (Å²) < 4.78 is 17.2. The number of aryl methyl sites for hydroxylation is 1. The van der Waals surface area contributed by atoms with Crippen molar-refractivity contribution in [3.05, 3.63) is 70.2 Å². The molecule has 7 heteroatoms. The number of nitrogens with zero attached hydrogens (tertiary/aromatic N) is 1. The number of ether oxygens (including phenoxy) is 3. The van der Waals surface area contributed by atoms with E-state index in [1.807, 2.05) is 60.8 Å². The number of para-hydroxylation sites is 2. The SMILES string of the molecule is Cc1ccc(OCc2nc(CC(=O)NC[C@@H]3COc4ccccc4O3)cs2)cc1. The van der Waals surface area contributed by atoms with Gasteiger partial charge in [-0.3, -0.25) is 4.79 Å². The maximum absolute atomic E-state index is 12.2. The van der Waals surface area contributed by atoms with Crippen molar-refractivity contribution < 1.29 is 19.0 Å². The molecule has 0 bridgehead atoms. The molecule has 0 unspecified atom stereocenters. The smallest absolute Gasteiger partial charge is 0.226 e. The molecule has 1 atom stereocenters. The summed E-state index contributed by atoms with van der Waals surface area (Å²) in [5.74, 6) is 2.15. The third-order valence-electron chi connectivity index (χ3n) is 4.42. The van der Waals surface area contributed by atoms with Crippen LogP contribution in [0.15, 0.2) is 53.9 Å². The number of carbonyl (C=O) groups is 1. The molecule has 1 N–H and O–H groups in total. The van der Waals surface area contributed by atoms with E-state index < -0.39 is 0 Å². The summed E-state index contributed by atoms with van der Waals surface area (Å²) in [5, 5.41) is 5.63. The van der Waals surface area contributed by atoms with E-state index in [1.54, 1.807) is 0 Å². The van der Waals surface area contributed by atoms with E-state index in [0.29, 0.717) is 25.5 Å². The normalized spacial score (nSPS) is 15.0. The lowest BCUT2D eigenvalue weighted by molar-refractivity contribution is -0.121. The minimum Gasteiger partial charge on any atom is -0.486 e. The Hall–Kier alpha value is -3.06. The number of amides is 1. The summed E-state index contributed by atoms with van der Waals surface area (Å²) in [5.41, 5.74) is 1.93. The summed E-state index contributed by atoms with van der Waals surface area (Å²) in [6.45, 7) is 3.23. The van der Waals surface area contributed by atoms with Crippen LogP contribution in [0.3, 0.4) is 0 Å². The Balaban J connectivity index is 1.22. The molecule has 29 heavy (non-hydrogen) atoms. The van der Waals surface area contributed by atoms with Gasteiger partial charge in [-0.2, -0.15) is 0 Å². The molecule has 2 aromatic carbocycles. The van der Waals surface area contributed by atoms with E-state index in [9.17, 15) is 4.79 Å². The van der Waals surface area contributed by atoms with Gasteiger partial charge >= 0.3 is 0 Å². The summed E-state index contributed by atoms with van der Waals surface area (Å²) in [6, 6.07) is 15.4. The van der Waals surface area contributed by atoms with Crippen LogP contribution < -0.4 is 19.5 Å². The number of thiazole rings is 1. The second kappa shape index (κ2) is 8.96. The number of benzene rings is 2. The van der Waals surface area contributed by atoms with Gasteiger partial charge in [0.25, 0.3) is 0 Å². The van der Waals surface area contributed by atoms with Gasteiger partial charge in [0.05, 0.1) is 18.7 Å². The first-order valence-corrected chi connectivity index (χ1v) is 10.3. The molecule has 0 radical (unpaired) electrons. The third-order valence-corrected chi connectivity index (χ3v) is 5.29. The van der Waals surface area contributed by atoms with Crippen molar-refractivity contribution in [3.63, 3.8) is 0 Å². The number of hydrogen-bond donors (Lipinski definition) is 1. The summed E-state index contributed by atoms with van der Waals surface area (Å²) >= 11 is 1.49. The highest BCUT2D eigenvalue weighted by atomic mass is 32.1. The molecular weight excluding hydrogens is 388 g/mol. The van der Waals surface area contributed by atoms with Gasteiger partial charge in [0.2, 0.25) is 5.91 Å². The largest absolute Gasteiger partial charge is 0.486 e. The molecule has 1 aliphatic rings. The average Bonchev–Trinajstić information content (AvgIpc) is 3.19. The number of rotatable bonds is 7. The van der Waals surface area contributed by atoms with Crippen LogP contribution in [0, 0.1) is 6.92 Å². The van der Waals surface area contributed by atoms with Gasteiger partial charge in [-0.25, -0.2) is 4.98 Å². The van der Waals surface area contributed by atoms with Crippen LogP contribution in [-0.2, 0) is 17.8 Å². The van der Waals surface area contributed by atoms with Crippen molar-refractivity contribution in [1.82, 2.24) is 10.3 Å². The number of nitrogens with one attached hydrogen (secondary N) is 1. The van der Waals surface area contributed by atoms with Crippen LogP contribution in [0.1, 0.15) is 16.3 Å². The molecule has 1 aliphatic heterocycles.